The number of amides is 5. The number of ether oxygens (including phenoxy) is 2. The Bertz CT molecular complexity index is 3220. The average molecular weight is 1240 g/mol. The average Bonchev–Trinajstić information content (AvgIpc) is 1.90. The predicted octanol–water partition coefficient (Wildman–Crippen LogP) is 8.12. The second kappa shape index (κ2) is 32.8. The third-order valence-corrected chi connectivity index (χ3v) is 18.6. The van der Waals surface area contributed by atoms with E-state index in [0.29, 0.717) is 50.1 Å². The van der Waals surface area contributed by atoms with Gasteiger partial charge >= 0.3 is 0 Å². The number of aryl methyl sites for hydroxylation is 3. The molecule has 3 aliphatic heterocycles. The Hall–Kier alpha value is -6.81. The number of anilines is 1. The summed E-state index contributed by atoms with van der Waals surface area (Å²) in [6.07, 6.45) is 8.04. The Morgan fingerprint density at radius 2 is 1.46 bits per heavy atom. The Kier molecular flexibility index (Phi) is 25.1. The lowest BCUT2D eigenvalue weighted by Crippen LogP contribution is -2.58. The lowest BCUT2D eigenvalue weighted by molar-refractivity contribution is -0.144. The number of β-amino-alcohol motifs (C(OH)–C–C–N with tert-alkyl or cyclic N) is 1. The molecule has 3 aromatic carbocycles. The number of thiazole rings is 1. The number of carbonyl (C=O) groups is 5. The Balaban J connectivity index is 0.682. The van der Waals surface area contributed by atoms with Gasteiger partial charge < -0.3 is 50.6 Å². The van der Waals surface area contributed by atoms with Crippen LogP contribution in [0.15, 0.2) is 77.0 Å². The summed E-state index contributed by atoms with van der Waals surface area (Å²) in [6.45, 7) is 23.6. The lowest BCUT2D eigenvalue weighted by Gasteiger charge is -2.37. The normalized spacial score (nSPS) is 17.1. The van der Waals surface area contributed by atoms with Crippen LogP contribution in [-0.4, -0.2) is 162 Å². The molecule has 0 aliphatic carbocycles. The molecular weight excluding hydrogens is 1140 g/mol. The van der Waals surface area contributed by atoms with Crippen LogP contribution < -0.4 is 31.7 Å². The first kappa shape index (κ1) is 68.1. The van der Waals surface area contributed by atoms with E-state index in [-0.39, 0.29) is 55.9 Å². The van der Waals surface area contributed by atoms with E-state index in [2.05, 4.69) is 83.2 Å². The zero-order valence-corrected chi connectivity index (χ0v) is 54.6. The van der Waals surface area contributed by atoms with Crippen LogP contribution in [0.3, 0.4) is 0 Å². The van der Waals surface area contributed by atoms with Gasteiger partial charge in [-0.1, -0.05) is 101 Å². The van der Waals surface area contributed by atoms with Gasteiger partial charge in [-0.15, -0.1) is 11.3 Å². The maximum atomic E-state index is 14.0. The molecule has 5 heterocycles. The van der Waals surface area contributed by atoms with Crippen LogP contribution in [0.2, 0.25) is 0 Å². The van der Waals surface area contributed by atoms with E-state index < -0.39 is 35.4 Å². The van der Waals surface area contributed by atoms with Crippen LogP contribution in [0.5, 0.6) is 0 Å². The molecular formula is C69H96N10O9S. The number of aromatic nitrogens is 2. The summed E-state index contributed by atoms with van der Waals surface area (Å²) in [5.41, 5.74) is 11.8. The number of nitrogens with zero attached hydrogens (tertiary/aromatic N) is 5. The SMILES string of the molecule is CCN(c1cc(-c2ccc(CN3CCN(CC(=O)NCCCCCCCCCOCC(=O)N[C@H](C(=O)N4CC(O)CC4C(=O)NCc4ccc(-c5scnc5C)cc4)C(C)(C)C)CC3)cc2)cc(C(=O)NCc2c(C)cc(C)[nH]c2=O)c1C)C1CCOCC1. The van der Waals surface area contributed by atoms with E-state index in [4.69, 9.17) is 9.47 Å². The van der Waals surface area contributed by atoms with Crippen molar-refractivity contribution in [1.82, 2.24) is 45.9 Å². The van der Waals surface area contributed by atoms with E-state index in [1.54, 1.807) is 11.3 Å². The van der Waals surface area contributed by atoms with Gasteiger partial charge in [-0.2, -0.15) is 0 Å². The van der Waals surface area contributed by atoms with Crippen molar-refractivity contribution in [3.63, 3.8) is 0 Å². The van der Waals surface area contributed by atoms with Gasteiger partial charge in [0.05, 0.1) is 28.7 Å². The van der Waals surface area contributed by atoms with Crippen molar-refractivity contribution in [2.24, 2.45) is 5.41 Å². The minimum absolute atomic E-state index is 0.00197. The van der Waals surface area contributed by atoms with Crippen molar-refractivity contribution in [1.29, 1.82) is 0 Å². The van der Waals surface area contributed by atoms with E-state index in [0.717, 1.165) is 152 Å². The standard InChI is InChI=1S/C69H96N10O9S/c1-9-78(55-25-33-87-34-26-55)59-37-54(36-57(48(59)4)65(83)72-40-58-46(2)35-47(3)74-66(58)84)52-21-19-51(20-22-52)41-76-28-30-77(31-29-76)43-61(81)70-27-15-13-11-10-12-14-16-32-88-44-62(82)75-64(69(6,7)8)68(86)79-42-56(80)38-60(79)67(85)71-39-50-17-23-53(24-18-50)63-49(5)73-45-89-63/h17-24,35-37,45,55-56,60,64,80H,9-16,25-34,38-44H2,1-8H3,(H,70,81)(H,71,85)(H,72,83)(H,74,84)(H,75,82)/t56?,60?,64-/m1/s1. The summed E-state index contributed by atoms with van der Waals surface area (Å²) in [5.74, 6) is -1.33. The maximum Gasteiger partial charge on any atom is 0.253 e. The van der Waals surface area contributed by atoms with E-state index >= 15 is 0 Å². The molecule has 3 aliphatic rings. The molecule has 2 aromatic heterocycles. The molecule has 3 saturated heterocycles. The van der Waals surface area contributed by atoms with Gasteiger partial charge in [-0.25, -0.2) is 4.98 Å². The highest BCUT2D eigenvalue weighted by Gasteiger charge is 2.44. The molecule has 89 heavy (non-hydrogen) atoms. The number of rotatable bonds is 29. The number of unbranched alkanes of at least 4 members (excludes halogenated alkanes) is 6. The van der Waals surface area contributed by atoms with Crippen LogP contribution in [0.25, 0.3) is 21.6 Å². The van der Waals surface area contributed by atoms with Gasteiger partial charge in [-0.05, 0) is 123 Å². The first-order valence-electron chi connectivity index (χ1n) is 32.2. The molecule has 0 spiro atoms. The topological polar surface area (TPSA) is 231 Å². The molecule has 8 rings (SSSR count). The lowest BCUT2D eigenvalue weighted by atomic mass is 9.85. The highest BCUT2D eigenvalue weighted by Crippen LogP contribution is 2.35. The minimum atomic E-state index is -0.929. The third kappa shape index (κ3) is 19.4. The molecule has 6 N–H and O–H groups in total. The molecule has 482 valence electrons. The molecule has 0 bridgehead atoms. The van der Waals surface area contributed by atoms with Gasteiger partial charge in [0, 0.05) is 120 Å². The second-order valence-electron chi connectivity index (χ2n) is 25.5. The number of aliphatic hydroxyl groups is 1. The number of hydrogen-bond acceptors (Lipinski definition) is 14. The molecule has 0 saturated carbocycles. The van der Waals surface area contributed by atoms with Crippen LogP contribution in [-0.2, 0) is 48.3 Å². The third-order valence-electron chi connectivity index (χ3n) is 17.6. The van der Waals surface area contributed by atoms with Gasteiger partial charge in [0.25, 0.3) is 11.5 Å². The summed E-state index contributed by atoms with van der Waals surface area (Å²) in [7, 11) is 0. The monoisotopic (exact) mass is 1240 g/mol. The summed E-state index contributed by atoms with van der Waals surface area (Å²) < 4.78 is 11.4. The van der Waals surface area contributed by atoms with Gasteiger partial charge in [0.1, 0.15) is 18.7 Å². The van der Waals surface area contributed by atoms with Crippen molar-refractivity contribution in [3.05, 3.63) is 127 Å². The molecule has 3 fully saturated rings. The van der Waals surface area contributed by atoms with E-state index in [1.807, 2.05) is 90.4 Å². The van der Waals surface area contributed by atoms with E-state index in [1.165, 1.54) is 10.5 Å². The fourth-order valence-corrected chi connectivity index (χ4v) is 13.2. The number of benzene rings is 3. The Morgan fingerprint density at radius 3 is 2.12 bits per heavy atom. The largest absolute Gasteiger partial charge is 0.391 e. The Morgan fingerprint density at radius 1 is 0.798 bits per heavy atom. The molecule has 5 aromatic rings. The first-order chi connectivity index (χ1) is 42.8. The van der Waals surface area contributed by atoms with Crippen molar-refractivity contribution >= 4 is 46.6 Å². The van der Waals surface area contributed by atoms with Crippen molar-refractivity contribution in [2.45, 2.75) is 163 Å². The number of nitrogens with one attached hydrogen (secondary N) is 5. The Labute approximate surface area is 530 Å². The smallest absolute Gasteiger partial charge is 0.253 e. The number of pyridine rings is 1. The van der Waals surface area contributed by atoms with Gasteiger partial charge in [0.2, 0.25) is 23.6 Å². The highest BCUT2D eigenvalue weighted by atomic mass is 32.1. The number of hydrogen-bond donors (Lipinski definition) is 6. The number of piperazine rings is 1. The zero-order chi connectivity index (χ0) is 63.6. The molecule has 20 heteroatoms. The van der Waals surface area contributed by atoms with E-state index in [9.17, 15) is 33.9 Å². The highest BCUT2D eigenvalue weighted by molar-refractivity contribution is 7.13. The number of carbonyl (C=O) groups excluding carboxylic acids is 5. The number of H-pyrrole nitrogens is 1. The number of aliphatic hydroxyl groups excluding tert-OH is 1. The summed E-state index contributed by atoms with van der Waals surface area (Å²) in [5, 5.41) is 22.6. The molecule has 5 amide bonds. The number of aromatic amines is 1. The van der Waals surface area contributed by atoms with Crippen LogP contribution >= 0.6 is 11.3 Å². The molecule has 19 nitrogen and oxygen atoms in total. The zero-order valence-electron chi connectivity index (χ0n) is 53.8. The summed E-state index contributed by atoms with van der Waals surface area (Å²) in [6, 6.07) is 21.2. The molecule has 0 radical (unpaired) electrons. The van der Waals surface area contributed by atoms with Crippen molar-refractivity contribution < 1.29 is 38.6 Å². The first-order valence-corrected chi connectivity index (χ1v) is 33.0. The second-order valence-corrected chi connectivity index (χ2v) is 26.3. The fraction of sp³-hybridized carbons (Fsp3) is 0.551. The van der Waals surface area contributed by atoms with Crippen LogP contribution in [0.1, 0.15) is 141 Å². The maximum absolute atomic E-state index is 14.0. The fourth-order valence-electron chi connectivity index (χ4n) is 12.4. The quantitative estimate of drug-likeness (QED) is 0.0249. The number of likely N-dealkylation sites (tertiary alicyclic amines) is 1. The van der Waals surface area contributed by atoms with Crippen molar-refractivity contribution in [2.75, 3.05) is 83.7 Å². The molecule has 2 unspecified atom stereocenters. The summed E-state index contributed by atoms with van der Waals surface area (Å²) >= 11 is 1.58. The van der Waals surface area contributed by atoms with Gasteiger partial charge in [0.15, 0.2) is 0 Å². The minimum Gasteiger partial charge on any atom is -0.391 e. The van der Waals surface area contributed by atoms with Crippen LogP contribution in [0, 0.1) is 33.1 Å². The summed E-state index contributed by atoms with van der Waals surface area (Å²) in [4.78, 5) is 97.2. The van der Waals surface area contributed by atoms with Crippen molar-refractivity contribution in [3.8, 4) is 21.6 Å². The molecule has 3 atom stereocenters. The van der Waals surface area contributed by atoms with Gasteiger partial charge in [-0.3, -0.25) is 38.6 Å². The predicted molar refractivity (Wildman–Crippen MR) is 351 cm³/mol. The van der Waals surface area contributed by atoms with Crippen LogP contribution in [0.4, 0.5) is 5.69 Å².